The van der Waals surface area contributed by atoms with Gasteiger partial charge >= 0.3 is 6.18 Å². The van der Waals surface area contributed by atoms with E-state index in [1.54, 1.807) is 19.1 Å². The summed E-state index contributed by atoms with van der Waals surface area (Å²) in [6.07, 6.45) is -4.57. The Labute approximate surface area is 119 Å². The summed E-state index contributed by atoms with van der Waals surface area (Å²) in [6, 6.07) is 4.26. The first-order valence-electron chi connectivity index (χ1n) is 6.33. The minimum absolute atomic E-state index is 0.131. The summed E-state index contributed by atoms with van der Waals surface area (Å²) in [5, 5.41) is 2.54. The molecule has 2 amide bonds. The van der Waals surface area contributed by atoms with E-state index in [-0.39, 0.29) is 18.7 Å². The van der Waals surface area contributed by atoms with E-state index >= 15 is 0 Å². The van der Waals surface area contributed by atoms with Gasteiger partial charge in [-0.05, 0) is 19.1 Å². The van der Waals surface area contributed by atoms with Gasteiger partial charge in [-0.25, -0.2) is 4.98 Å². The Morgan fingerprint density at radius 1 is 1.48 bits per heavy atom. The number of nitrogens with zero attached hydrogens (tertiary/aromatic N) is 2. The number of rotatable bonds is 3. The number of carbonyl (C=O) groups is 2. The number of alkyl halides is 3. The van der Waals surface area contributed by atoms with E-state index in [4.69, 9.17) is 0 Å². The van der Waals surface area contributed by atoms with Gasteiger partial charge in [-0.1, -0.05) is 6.07 Å². The molecular weight excluding hydrogens is 287 g/mol. The van der Waals surface area contributed by atoms with Crippen LogP contribution in [0.1, 0.15) is 22.6 Å². The molecule has 1 fully saturated rings. The van der Waals surface area contributed by atoms with Crippen molar-refractivity contribution in [3.63, 3.8) is 0 Å². The van der Waals surface area contributed by atoms with Crippen molar-refractivity contribution < 1.29 is 22.8 Å². The van der Waals surface area contributed by atoms with Gasteiger partial charge in [0.15, 0.2) is 0 Å². The van der Waals surface area contributed by atoms with Crippen LogP contribution in [0.3, 0.4) is 0 Å². The average molecular weight is 301 g/mol. The minimum atomic E-state index is -4.44. The maximum absolute atomic E-state index is 12.3. The zero-order valence-corrected chi connectivity index (χ0v) is 11.3. The molecule has 1 saturated heterocycles. The molecule has 114 valence electrons. The molecular formula is C13H14F3N3O2. The Kier molecular flexibility index (Phi) is 4.15. The van der Waals surface area contributed by atoms with Crippen LogP contribution in [0.4, 0.5) is 13.2 Å². The highest BCUT2D eigenvalue weighted by Gasteiger charge is 2.38. The van der Waals surface area contributed by atoms with E-state index in [1.165, 1.54) is 6.07 Å². The second-order valence-electron chi connectivity index (χ2n) is 4.93. The number of hydrogen-bond acceptors (Lipinski definition) is 3. The highest BCUT2D eigenvalue weighted by molar-refractivity contribution is 5.93. The lowest BCUT2D eigenvalue weighted by Crippen LogP contribution is -2.40. The van der Waals surface area contributed by atoms with Gasteiger partial charge in [0.25, 0.3) is 5.91 Å². The SMILES string of the molecule is Cc1cccc(C(=O)N[C@@H]2CC(=O)N(CC(F)(F)F)C2)n1. The van der Waals surface area contributed by atoms with Crippen molar-refractivity contribution in [1.29, 1.82) is 0 Å². The summed E-state index contributed by atoms with van der Waals surface area (Å²) in [6.45, 7) is 0.289. The number of halogens is 3. The fourth-order valence-corrected chi connectivity index (χ4v) is 2.17. The number of nitrogens with one attached hydrogen (secondary N) is 1. The zero-order valence-electron chi connectivity index (χ0n) is 11.3. The smallest absolute Gasteiger partial charge is 0.346 e. The van der Waals surface area contributed by atoms with Gasteiger partial charge in [-0.2, -0.15) is 13.2 Å². The summed E-state index contributed by atoms with van der Waals surface area (Å²) in [7, 11) is 0. The average Bonchev–Trinajstić information content (AvgIpc) is 2.67. The normalized spacial score (nSPS) is 19.0. The highest BCUT2D eigenvalue weighted by Crippen LogP contribution is 2.21. The van der Waals surface area contributed by atoms with Crippen LogP contribution < -0.4 is 5.32 Å². The maximum atomic E-state index is 12.3. The Morgan fingerprint density at radius 3 is 2.81 bits per heavy atom. The number of aromatic nitrogens is 1. The van der Waals surface area contributed by atoms with Crippen LogP contribution >= 0.6 is 0 Å². The highest BCUT2D eigenvalue weighted by atomic mass is 19.4. The first-order valence-corrected chi connectivity index (χ1v) is 6.33. The van der Waals surface area contributed by atoms with Crippen LogP contribution in [0.5, 0.6) is 0 Å². The summed E-state index contributed by atoms with van der Waals surface area (Å²) in [5.74, 6) is -1.11. The van der Waals surface area contributed by atoms with Gasteiger partial charge in [0, 0.05) is 18.7 Å². The molecule has 0 bridgehead atoms. The van der Waals surface area contributed by atoms with Crippen molar-refractivity contribution in [1.82, 2.24) is 15.2 Å². The monoisotopic (exact) mass is 301 g/mol. The molecule has 0 spiro atoms. The second-order valence-corrected chi connectivity index (χ2v) is 4.93. The van der Waals surface area contributed by atoms with Crippen LogP contribution in [0, 0.1) is 6.92 Å². The van der Waals surface area contributed by atoms with E-state index in [0.717, 1.165) is 0 Å². The molecule has 21 heavy (non-hydrogen) atoms. The lowest BCUT2D eigenvalue weighted by molar-refractivity contribution is -0.157. The number of likely N-dealkylation sites (tertiary alicyclic amines) is 1. The van der Waals surface area contributed by atoms with Crippen molar-refractivity contribution >= 4 is 11.8 Å². The molecule has 0 radical (unpaired) electrons. The maximum Gasteiger partial charge on any atom is 0.406 e. The third-order valence-electron chi connectivity index (χ3n) is 3.04. The lowest BCUT2D eigenvalue weighted by atomic mass is 10.2. The summed E-state index contributed by atoms with van der Waals surface area (Å²) < 4.78 is 36.9. The zero-order chi connectivity index (χ0) is 15.6. The van der Waals surface area contributed by atoms with E-state index in [1.807, 2.05) is 0 Å². The Morgan fingerprint density at radius 2 is 2.19 bits per heavy atom. The molecule has 0 saturated carbocycles. The van der Waals surface area contributed by atoms with Crippen LogP contribution in [0.2, 0.25) is 0 Å². The molecule has 0 unspecified atom stereocenters. The molecule has 2 heterocycles. The standard InChI is InChI=1S/C13H14F3N3O2/c1-8-3-2-4-10(17-8)12(21)18-9-5-11(20)19(6-9)7-13(14,15)16/h2-4,9H,5-7H2,1H3,(H,18,21)/t9-/m1/s1. The third-order valence-corrected chi connectivity index (χ3v) is 3.04. The van der Waals surface area contributed by atoms with Gasteiger partial charge in [0.2, 0.25) is 5.91 Å². The summed E-state index contributed by atoms with van der Waals surface area (Å²) in [4.78, 5) is 28.1. The van der Waals surface area contributed by atoms with Crippen LogP contribution in [0.15, 0.2) is 18.2 Å². The fraction of sp³-hybridized carbons (Fsp3) is 0.462. The van der Waals surface area contributed by atoms with E-state index in [2.05, 4.69) is 10.3 Å². The summed E-state index contributed by atoms with van der Waals surface area (Å²) in [5.41, 5.74) is 0.834. The van der Waals surface area contributed by atoms with Gasteiger partial charge in [0.05, 0.1) is 6.04 Å². The lowest BCUT2D eigenvalue weighted by Gasteiger charge is -2.18. The molecule has 1 aliphatic rings. The van der Waals surface area contributed by atoms with E-state index in [9.17, 15) is 22.8 Å². The van der Waals surface area contributed by atoms with Gasteiger partial charge in [0.1, 0.15) is 12.2 Å². The van der Waals surface area contributed by atoms with E-state index < -0.39 is 30.6 Å². The summed E-state index contributed by atoms with van der Waals surface area (Å²) >= 11 is 0. The molecule has 0 aromatic carbocycles. The molecule has 5 nitrogen and oxygen atoms in total. The Balaban J connectivity index is 1.96. The van der Waals surface area contributed by atoms with Crippen molar-refractivity contribution in [2.75, 3.05) is 13.1 Å². The largest absolute Gasteiger partial charge is 0.406 e. The number of amides is 2. The minimum Gasteiger partial charge on any atom is -0.346 e. The second kappa shape index (κ2) is 5.71. The fourth-order valence-electron chi connectivity index (χ4n) is 2.17. The first kappa shape index (κ1) is 15.3. The third kappa shape index (κ3) is 4.17. The molecule has 1 aromatic rings. The molecule has 8 heteroatoms. The number of hydrogen-bond donors (Lipinski definition) is 1. The molecule has 1 N–H and O–H groups in total. The van der Waals surface area contributed by atoms with Gasteiger partial charge < -0.3 is 10.2 Å². The van der Waals surface area contributed by atoms with E-state index in [0.29, 0.717) is 10.6 Å². The van der Waals surface area contributed by atoms with Crippen molar-refractivity contribution in [2.24, 2.45) is 0 Å². The molecule has 1 aromatic heterocycles. The van der Waals surface area contributed by atoms with Crippen molar-refractivity contribution in [3.8, 4) is 0 Å². The van der Waals surface area contributed by atoms with Crippen LogP contribution in [-0.2, 0) is 4.79 Å². The number of aryl methyl sites for hydroxylation is 1. The quantitative estimate of drug-likeness (QED) is 0.915. The molecule has 0 aliphatic carbocycles. The predicted molar refractivity (Wildman–Crippen MR) is 67.5 cm³/mol. The van der Waals surface area contributed by atoms with Crippen LogP contribution in [-0.4, -0.2) is 47.0 Å². The van der Waals surface area contributed by atoms with Crippen molar-refractivity contribution in [3.05, 3.63) is 29.6 Å². The van der Waals surface area contributed by atoms with Crippen LogP contribution in [0.25, 0.3) is 0 Å². The van der Waals surface area contributed by atoms with Gasteiger partial charge in [-0.3, -0.25) is 9.59 Å². The Bertz CT molecular complexity index is 560. The number of pyridine rings is 1. The molecule has 1 aliphatic heterocycles. The predicted octanol–water partition coefficient (Wildman–Crippen LogP) is 1.28. The first-order chi connectivity index (χ1) is 9.74. The topological polar surface area (TPSA) is 62.3 Å². The van der Waals surface area contributed by atoms with Gasteiger partial charge in [-0.15, -0.1) is 0 Å². The molecule has 1 atom stereocenters. The van der Waals surface area contributed by atoms with Crippen molar-refractivity contribution in [2.45, 2.75) is 25.6 Å². The Hall–Kier alpha value is -2.12. The molecule has 2 rings (SSSR count). The number of carbonyl (C=O) groups excluding carboxylic acids is 2.